The van der Waals surface area contributed by atoms with E-state index in [9.17, 15) is 9.59 Å². The first-order chi connectivity index (χ1) is 14.5. The van der Waals surface area contributed by atoms with Crippen LogP contribution in [-0.2, 0) is 20.8 Å². The van der Waals surface area contributed by atoms with Gasteiger partial charge < -0.3 is 19.1 Å². The molecule has 3 rings (SSSR count). The van der Waals surface area contributed by atoms with Crippen molar-refractivity contribution in [2.75, 3.05) is 20.3 Å². The van der Waals surface area contributed by atoms with Crippen LogP contribution in [0, 0.1) is 0 Å². The van der Waals surface area contributed by atoms with E-state index in [4.69, 9.17) is 25.8 Å². The van der Waals surface area contributed by atoms with E-state index in [-0.39, 0.29) is 18.8 Å². The monoisotopic (exact) mass is 431 g/mol. The first-order valence-electron chi connectivity index (χ1n) is 10.00. The lowest BCUT2D eigenvalue weighted by atomic mass is 9.93. The van der Waals surface area contributed by atoms with Gasteiger partial charge in [-0.05, 0) is 43.0 Å². The van der Waals surface area contributed by atoms with Gasteiger partial charge in [-0.3, -0.25) is 0 Å². The molecule has 0 saturated carbocycles. The summed E-state index contributed by atoms with van der Waals surface area (Å²) in [7, 11) is 1.32. The second-order valence-electron chi connectivity index (χ2n) is 7.08. The molecule has 2 unspecified atom stereocenters. The molecule has 0 bridgehead atoms. The molecule has 160 valence electrons. The molecule has 0 aliphatic carbocycles. The topological polar surface area (TPSA) is 65.1 Å². The number of rotatable bonds is 6. The molecule has 1 heterocycles. The van der Waals surface area contributed by atoms with Crippen LogP contribution in [0.1, 0.15) is 47.3 Å². The second-order valence-corrected chi connectivity index (χ2v) is 7.49. The number of hydrogen-bond donors (Lipinski definition) is 0. The Balaban J connectivity index is 1.80. The number of halogens is 1. The molecule has 2 atom stereocenters. The molecule has 1 aliphatic heterocycles. The fourth-order valence-corrected chi connectivity index (χ4v) is 3.98. The minimum absolute atomic E-state index is 0.0227. The van der Waals surface area contributed by atoms with Crippen LogP contribution in [0.5, 0.6) is 0 Å². The van der Waals surface area contributed by atoms with Crippen LogP contribution in [0.15, 0.2) is 48.5 Å². The number of hydrogen-bond acceptors (Lipinski definition) is 5. The summed E-state index contributed by atoms with van der Waals surface area (Å²) in [5, 5.41) is 0.404. The van der Waals surface area contributed by atoms with Crippen molar-refractivity contribution in [2.24, 2.45) is 0 Å². The molecular weight excluding hydrogens is 406 g/mol. The van der Waals surface area contributed by atoms with E-state index in [1.807, 2.05) is 37.3 Å². The normalized spacial score (nSPS) is 18.7. The number of nitrogens with zero attached hydrogens (tertiary/aromatic N) is 1. The summed E-state index contributed by atoms with van der Waals surface area (Å²) >= 11 is 6.50. The fraction of sp³-hybridized carbons (Fsp3) is 0.391. The first-order valence-corrected chi connectivity index (χ1v) is 10.4. The van der Waals surface area contributed by atoms with Gasteiger partial charge in [0.1, 0.15) is 6.61 Å². The van der Waals surface area contributed by atoms with Crippen LogP contribution in [0.3, 0.4) is 0 Å². The Kier molecular flexibility index (Phi) is 7.71. The minimum Gasteiger partial charge on any atom is -0.465 e. The van der Waals surface area contributed by atoms with Crippen LogP contribution >= 0.6 is 11.6 Å². The fourth-order valence-electron chi connectivity index (χ4n) is 3.68. The van der Waals surface area contributed by atoms with E-state index in [0.717, 1.165) is 17.5 Å². The van der Waals surface area contributed by atoms with Crippen molar-refractivity contribution in [3.05, 3.63) is 70.2 Å². The number of carbonyl (C=O) groups is 2. The van der Waals surface area contributed by atoms with Gasteiger partial charge in [0.15, 0.2) is 0 Å². The molecule has 6 nitrogen and oxygen atoms in total. The molecule has 1 amide bonds. The second kappa shape index (κ2) is 10.5. The Hall–Kier alpha value is -2.57. The number of methoxy groups -OCH3 is 1. The summed E-state index contributed by atoms with van der Waals surface area (Å²) in [6.45, 7) is 3.25. The molecule has 7 heteroatoms. The number of ether oxygens (including phenoxy) is 3. The Morgan fingerprint density at radius 3 is 2.60 bits per heavy atom. The molecule has 0 radical (unpaired) electrons. The molecule has 0 aromatic heterocycles. The third kappa shape index (κ3) is 5.32. The predicted molar refractivity (Wildman–Crippen MR) is 114 cm³/mol. The van der Waals surface area contributed by atoms with E-state index in [2.05, 4.69) is 0 Å². The Morgan fingerprint density at radius 1 is 1.17 bits per heavy atom. The van der Waals surface area contributed by atoms with E-state index in [1.165, 1.54) is 7.11 Å². The third-order valence-electron chi connectivity index (χ3n) is 5.18. The predicted octanol–water partition coefficient (Wildman–Crippen LogP) is 5.01. The maximum absolute atomic E-state index is 12.9. The van der Waals surface area contributed by atoms with Gasteiger partial charge in [-0.2, -0.15) is 0 Å². The molecular formula is C23H26ClNO5. The summed E-state index contributed by atoms with van der Waals surface area (Å²) in [5.41, 5.74) is 2.04. The van der Waals surface area contributed by atoms with Gasteiger partial charge in [-0.1, -0.05) is 48.0 Å². The zero-order chi connectivity index (χ0) is 21.5. The van der Waals surface area contributed by atoms with Crippen LogP contribution < -0.4 is 0 Å². The highest BCUT2D eigenvalue weighted by atomic mass is 35.5. The Morgan fingerprint density at radius 2 is 1.93 bits per heavy atom. The lowest BCUT2D eigenvalue weighted by Gasteiger charge is -2.39. The van der Waals surface area contributed by atoms with Crippen molar-refractivity contribution in [3.8, 4) is 0 Å². The zero-order valence-electron chi connectivity index (χ0n) is 17.2. The standard InChI is InChI=1S/C23H26ClNO5/c1-3-29-18-11-12-25(23(27)30-15-16-7-5-4-6-8-16)21(14-18)19-10-9-17(13-20(19)24)22(26)28-2/h4-10,13,18,21H,3,11-12,14-15H2,1-2H3. The lowest BCUT2D eigenvalue weighted by Crippen LogP contribution is -2.43. The number of benzene rings is 2. The minimum atomic E-state index is -0.460. The van der Waals surface area contributed by atoms with E-state index in [0.29, 0.717) is 30.2 Å². The highest BCUT2D eigenvalue weighted by Gasteiger charge is 2.35. The van der Waals surface area contributed by atoms with Crippen LogP contribution in [0.4, 0.5) is 4.79 Å². The Bertz CT molecular complexity index is 873. The van der Waals surface area contributed by atoms with Crippen molar-refractivity contribution in [1.29, 1.82) is 0 Å². The number of amides is 1. The van der Waals surface area contributed by atoms with Crippen LogP contribution in [0.25, 0.3) is 0 Å². The van der Waals surface area contributed by atoms with Crippen molar-refractivity contribution in [1.82, 2.24) is 4.90 Å². The molecule has 1 saturated heterocycles. The van der Waals surface area contributed by atoms with Crippen molar-refractivity contribution >= 4 is 23.7 Å². The highest BCUT2D eigenvalue weighted by molar-refractivity contribution is 6.31. The number of carbonyl (C=O) groups excluding carboxylic acids is 2. The average molecular weight is 432 g/mol. The quantitative estimate of drug-likeness (QED) is 0.602. The van der Waals surface area contributed by atoms with Gasteiger partial charge in [0.2, 0.25) is 0 Å². The maximum atomic E-state index is 12.9. The third-order valence-corrected chi connectivity index (χ3v) is 5.50. The van der Waals surface area contributed by atoms with E-state index >= 15 is 0 Å². The molecule has 1 aliphatic rings. The maximum Gasteiger partial charge on any atom is 0.410 e. The van der Waals surface area contributed by atoms with Gasteiger partial charge in [-0.25, -0.2) is 9.59 Å². The van der Waals surface area contributed by atoms with Crippen molar-refractivity contribution in [3.63, 3.8) is 0 Å². The number of piperidine rings is 1. The van der Waals surface area contributed by atoms with E-state index < -0.39 is 12.1 Å². The summed E-state index contributed by atoms with van der Waals surface area (Å²) < 4.78 is 16.1. The highest BCUT2D eigenvalue weighted by Crippen LogP contribution is 2.37. The van der Waals surface area contributed by atoms with Gasteiger partial charge >= 0.3 is 12.1 Å². The smallest absolute Gasteiger partial charge is 0.410 e. The van der Waals surface area contributed by atoms with Crippen molar-refractivity contribution in [2.45, 2.75) is 38.5 Å². The molecule has 2 aromatic rings. The number of likely N-dealkylation sites (tertiary alicyclic amines) is 1. The molecule has 0 N–H and O–H groups in total. The van der Waals surface area contributed by atoms with Crippen LogP contribution in [0.2, 0.25) is 5.02 Å². The summed E-state index contributed by atoms with van der Waals surface area (Å²) in [5.74, 6) is -0.460. The molecule has 0 spiro atoms. The van der Waals surface area contributed by atoms with Gasteiger partial charge in [0, 0.05) is 18.2 Å². The van der Waals surface area contributed by atoms with Crippen LogP contribution in [-0.4, -0.2) is 43.3 Å². The zero-order valence-corrected chi connectivity index (χ0v) is 17.9. The largest absolute Gasteiger partial charge is 0.465 e. The summed E-state index contributed by atoms with van der Waals surface area (Å²) in [4.78, 5) is 26.4. The number of esters is 1. The first kappa shape index (κ1) is 22.1. The summed E-state index contributed by atoms with van der Waals surface area (Å²) in [6, 6.07) is 14.2. The van der Waals surface area contributed by atoms with E-state index in [1.54, 1.807) is 23.1 Å². The molecule has 30 heavy (non-hydrogen) atoms. The van der Waals surface area contributed by atoms with Crippen molar-refractivity contribution < 1.29 is 23.8 Å². The van der Waals surface area contributed by atoms with Gasteiger partial charge in [0.25, 0.3) is 0 Å². The SMILES string of the molecule is CCOC1CCN(C(=O)OCc2ccccc2)C(c2ccc(C(=O)OC)cc2Cl)C1. The summed E-state index contributed by atoms with van der Waals surface area (Å²) in [6.07, 6.45) is 0.954. The molecule has 2 aromatic carbocycles. The van der Waals surface area contributed by atoms with Gasteiger partial charge in [-0.15, -0.1) is 0 Å². The molecule has 1 fully saturated rings. The lowest BCUT2D eigenvalue weighted by molar-refractivity contribution is -0.0125. The average Bonchev–Trinajstić information content (AvgIpc) is 2.77. The Labute approximate surface area is 181 Å². The van der Waals surface area contributed by atoms with Gasteiger partial charge in [0.05, 0.1) is 24.8 Å².